The zero-order valence-corrected chi connectivity index (χ0v) is 10.4. The molecular weight excluding hydrogens is 293 g/mol. The minimum atomic E-state index is -4.43. The second-order valence-corrected chi connectivity index (χ2v) is 4.01. The number of aromatic carboxylic acids is 1. The third kappa shape index (κ3) is 4.28. The molecule has 9 heteroatoms. The van der Waals surface area contributed by atoms with Crippen molar-refractivity contribution in [3.63, 3.8) is 0 Å². The Kier molecular flexibility index (Phi) is 4.22. The van der Waals surface area contributed by atoms with E-state index in [0.717, 1.165) is 0 Å². The van der Waals surface area contributed by atoms with Gasteiger partial charge in [0.2, 0.25) is 0 Å². The average molecular weight is 302 g/mol. The second-order valence-electron chi connectivity index (χ2n) is 4.01. The van der Waals surface area contributed by atoms with Crippen LogP contribution in [0.2, 0.25) is 0 Å². The molecule has 2 aromatic rings. The summed E-state index contributed by atoms with van der Waals surface area (Å²) >= 11 is 0. The lowest BCUT2D eigenvalue weighted by atomic mass is 10.1. The Balaban J connectivity index is 2.06. The van der Waals surface area contributed by atoms with Crippen LogP contribution in [0.15, 0.2) is 28.8 Å². The molecule has 0 unspecified atom stereocenters. The van der Waals surface area contributed by atoms with E-state index in [1.807, 2.05) is 0 Å². The highest BCUT2D eigenvalue weighted by atomic mass is 19.4. The van der Waals surface area contributed by atoms with Crippen LogP contribution >= 0.6 is 0 Å². The predicted octanol–water partition coefficient (Wildman–Crippen LogP) is 2.51. The van der Waals surface area contributed by atoms with Gasteiger partial charge in [0.05, 0.1) is 5.56 Å². The Labute approximate surface area is 116 Å². The number of benzene rings is 1. The molecule has 0 bridgehead atoms. The molecule has 0 aliphatic rings. The van der Waals surface area contributed by atoms with Gasteiger partial charge in [-0.2, -0.15) is 18.2 Å². The van der Waals surface area contributed by atoms with Crippen molar-refractivity contribution < 1.29 is 32.3 Å². The summed E-state index contributed by atoms with van der Waals surface area (Å²) in [5.74, 6) is -1.18. The van der Waals surface area contributed by atoms with Gasteiger partial charge < -0.3 is 14.4 Å². The Morgan fingerprint density at radius 3 is 2.81 bits per heavy atom. The van der Waals surface area contributed by atoms with Crippen molar-refractivity contribution in [1.29, 1.82) is 0 Å². The summed E-state index contributed by atoms with van der Waals surface area (Å²) in [6, 6.07) is 5.73. The van der Waals surface area contributed by atoms with Gasteiger partial charge >= 0.3 is 12.1 Å². The highest BCUT2D eigenvalue weighted by Gasteiger charge is 2.27. The number of alkyl halides is 3. The lowest BCUT2D eigenvalue weighted by Gasteiger charge is -2.04. The Morgan fingerprint density at radius 1 is 1.38 bits per heavy atom. The smallest absolute Gasteiger partial charge is 0.411 e. The molecule has 0 saturated carbocycles. The van der Waals surface area contributed by atoms with Crippen LogP contribution in [0.25, 0.3) is 11.5 Å². The van der Waals surface area contributed by atoms with Gasteiger partial charge in [0.25, 0.3) is 5.89 Å². The summed E-state index contributed by atoms with van der Waals surface area (Å²) in [5, 5.41) is 12.3. The lowest BCUT2D eigenvalue weighted by molar-refractivity contribution is -0.177. The molecule has 0 aliphatic carbocycles. The number of hydrogen-bond donors (Lipinski definition) is 1. The number of ether oxygens (including phenoxy) is 1. The van der Waals surface area contributed by atoms with Gasteiger partial charge in [-0.3, -0.25) is 0 Å². The molecule has 6 nitrogen and oxygen atoms in total. The van der Waals surface area contributed by atoms with Gasteiger partial charge in [0.1, 0.15) is 13.2 Å². The summed E-state index contributed by atoms with van der Waals surface area (Å²) in [6.07, 6.45) is -4.43. The third-order valence-electron chi connectivity index (χ3n) is 2.32. The van der Waals surface area contributed by atoms with E-state index in [0.29, 0.717) is 5.56 Å². The number of aromatic nitrogens is 2. The SMILES string of the molecule is O=C(O)c1cccc(-c2nc(COCC(F)(F)F)no2)c1. The minimum absolute atomic E-state index is 0.00343. The van der Waals surface area contributed by atoms with E-state index >= 15 is 0 Å². The van der Waals surface area contributed by atoms with Gasteiger partial charge in [0.15, 0.2) is 5.82 Å². The molecule has 0 fully saturated rings. The number of carboxylic acids is 1. The standard InChI is InChI=1S/C12H9F3N2O4/c13-12(14,15)6-20-5-9-16-10(21-17-9)7-2-1-3-8(4-7)11(18)19/h1-4H,5-6H2,(H,18,19). The number of halogens is 3. The maximum atomic E-state index is 11.9. The number of carbonyl (C=O) groups is 1. The summed E-state index contributed by atoms with van der Waals surface area (Å²) in [5.41, 5.74) is 0.380. The van der Waals surface area contributed by atoms with Gasteiger partial charge in [-0.1, -0.05) is 11.2 Å². The van der Waals surface area contributed by atoms with E-state index in [4.69, 9.17) is 9.63 Å². The van der Waals surface area contributed by atoms with E-state index in [2.05, 4.69) is 14.9 Å². The van der Waals surface area contributed by atoms with Crippen LogP contribution in [0.4, 0.5) is 13.2 Å². The molecule has 0 saturated heterocycles. The molecule has 21 heavy (non-hydrogen) atoms. The minimum Gasteiger partial charge on any atom is -0.478 e. The fourth-order valence-electron chi connectivity index (χ4n) is 1.47. The molecule has 0 spiro atoms. The van der Waals surface area contributed by atoms with Crippen molar-refractivity contribution in [3.05, 3.63) is 35.7 Å². The van der Waals surface area contributed by atoms with Crippen molar-refractivity contribution in [2.45, 2.75) is 12.8 Å². The van der Waals surface area contributed by atoms with Crippen molar-refractivity contribution in [2.75, 3.05) is 6.61 Å². The number of rotatable bonds is 5. The fraction of sp³-hybridized carbons (Fsp3) is 0.250. The zero-order chi connectivity index (χ0) is 15.5. The van der Waals surface area contributed by atoms with Crippen molar-refractivity contribution >= 4 is 5.97 Å². The second kappa shape index (κ2) is 5.92. The van der Waals surface area contributed by atoms with Crippen LogP contribution in [-0.4, -0.2) is 34.0 Å². The Bertz CT molecular complexity index is 639. The van der Waals surface area contributed by atoms with E-state index in [1.54, 1.807) is 6.07 Å². The quantitative estimate of drug-likeness (QED) is 0.913. The fourth-order valence-corrected chi connectivity index (χ4v) is 1.47. The molecule has 1 aromatic carbocycles. The van der Waals surface area contributed by atoms with Crippen LogP contribution in [0, 0.1) is 0 Å². The van der Waals surface area contributed by atoms with Crippen LogP contribution in [0.3, 0.4) is 0 Å². The van der Waals surface area contributed by atoms with Crippen molar-refractivity contribution in [2.24, 2.45) is 0 Å². The van der Waals surface area contributed by atoms with Gasteiger partial charge in [-0.05, 0) is 18.2 Å². The molecule has 112 valence electrons. The zero-order valence-electron chi connectivity index (χ0n) is 10.4. The van der Waals surface area contributed by atoms with Crippen LogP contribution in [0.1, 0.15) is 16.2 Å². The largest absolute Gasteiger partial charge is 0.478 e. The molecule has 1 heterocycles. The topological polar surface area (TPSA) is 85.5 Å². The molecule has 1 N–H and O–H groups in total. The molecule has 1 aromatic heterocycles. The van der Waals surface area contributed by atoms with Crippen molar-refractivity contribution in [1.82, 2.24) is 10.1 Å². The molecule has 0 aliphatic heterocycles. The monoisotopic (exact) mass is 302 g/mol. The molecule has 2 rings (SSSR count). The maximum Gasteiger partial charge on any atom is 0.411 e. The van der Waals surface area contributed by atoms with Crippen LogP contribution in [0.5, 0.6) is 0 Å². The van der Waals surface area contributed by atoms with E-state index in [1.165, 1.54) is 18.2 Å². The maximum absolute atomic E-state index is 11.9. The summed E-state index contributed by atoms with van der Waals surface area (Å²) in [7, 11) is 0. The summed E-state index contributed by atoms with van der Waals surface area (Å²) in [6.45, 7) is -1.87. The molecule has 0 amide bonds. The number of hydrogen-bond acceptors (Lipinski definition) is 5. The third-order valence-corrected chi connectivity index (χ3v) is 2.32. The Morgan fingerprint density at radius 2 is 2.14 bits per heavy atom. The normalized spacial score (nSPS) is 11.6. The predicted molar refractivity (Wildman–Crippen MR) is 62.4 cm³/mol. The van der Waals surface area contributed by atoms with Gasteiger partial charge in [0, 0.05) is 5.56 Å². The Hall–Kier alpha value is -2.42. The van der Waals surface area contributed by atoms with E-state index < -0.39 is 25.4 Å². The van der Waals surface area contributed by atoms with Crippen molar-refractivity contribution in [3.8, 4) is 11.5 Å². The first kappa shape index (κ1) is 15.0. The van der Waals surface area contributed by atoms with Crippen LogP contribution in [-0.2, 0) is 11.3 Å². The molecular formula is C12H9F3N2O4. The van der Waals surface area contributed by atoms with Gasteiger partial charge in [-0.15, -0.1) is 0 Å². The van der Waals surface area contributed by atoms with E-state index in [-0.39, 0.29) is 17.3 Å². The van der Waals surface area contributed by atoms with Gasteiger partial charge in [-0.25, -0.2) is 4.79 Å². The molecule has 0 radical (unpaired) electrons. The first-order valence-electron chi connectivity index (χ1n) is 5.66. The number of carboxylic acid groups (broad SMARTS) is 1. The first-order valence-corrected chi connectivity index (χ1v) is 5.66. The van der Waals surface area contributed by atoms with E-state index in [9.17, 15) is 18.0 Å². The lowest BCUT2D eigenvalue weighted by Crippen LogP contribution is -2.16. The average Bonchev–Trinajstić information content (AvgIpc) is 2.86. The number of nitrogens with zero attached hydrogens (tertiary/aromatic N) is 2. The van der Waals surface area contributed by atoms with Crippen LogP contribution < -0.4 is 0 Å². The molecule has 0 atom stereocenters. The highest BCUT2D eigenvalue weighted by molar-refractivity contribution is 5.88. The first-order chi connectivity index (χ1) is 9.85. The highest BCUT2D eigenvalue weighted by Crippen LogP contribution is 2.19. The summed E-state index contributed by atoms with van der Waals surface area (Å²) < 4.78 is 45.0. The summed E-state index contributed by atoms with van der Waals surface area (Å²) in [4.78, 5) is 14.7.